The number of carbonyl (C=O) groups excluding carboxylic acids is 1. The maximum Gasteiger partial charge on any atom is 0.221 e. The molecule has 3 heteroatoms. The summed E-state index contributed by atoms with van der Waals surface area (Å²) in [5.41, 5.74) is 0. The van der Waals surface area contributed by atoms with Gasteiger partial charge in [0.2, 0.25) is 5.91 Å². The van der Waals surface area contributed by atoms with E-state index in [9.17, 15) is 4.79 Å². The molecule has 0 radical (unpaired) electrons. The highest BCUT2D eigenvalue weighted by Crippen LogP contribution is 2.27. The first-order chi connectivity index (χ1) is 8.24. The van der Waals surface area contributed by atoms with Crippen LogP contribution < -0.4 is 10.6 Å². The van der Waals surface area contributed by atoms with E-state index < -0.39 is 0 Å². The SMILES string of the molecule is CC1CCCC(CNCCC(=O)NC2CC2)C1. The molecule has 2 rings (SSSR count). The smallest absolute Gasteiger partial charge is 0.221 e. The third kappa shape index (κ3) is 5.07. The predicted molar refractivity (Wildman–Crippen MR) is 69.8 cm³/mol. The van der Waals surface area contributed by atoms with Gasteiger partial charge in [-0.25, -0.2) is 0 Å². The Labute approximate surface area is 105 Å². The van der Waals surface area contributed by atoms with Crippen LogP contribution in [0.4, 0.5) is 0 Å². The monoisotopic (exact) mass is 238 g/mol. The molecular weight excluding hydrogens is 212 g/mol. The molecule has 2 saturated carbocycles. The van der Waals surface area contributed by atoms with Gasteiger partial charge in [-0.2, -0.15) is 0 Å². The first-order valence-electron chi connectivity index (χ1n) is 7.24. The normalized spacial score (nSPS) is 29.0. The summed E-state index contributed by atoms with van der Waals surface area (Å²) in [7, 11) is 0. The third-order valence-corrected chi connectivity index (χ3v) is 3.95. The van der Waals surface area contributed by atoms with E-state index in [2.05, 4.69) is 17.6 Å². The van der Waals surface area contributed by atoms with Crippen LogP contribution in [-0.4, -0.2) is 25.0 Å². The summed E-state index contributed by atoms with van der Waals surface area (Å²) in [6, 6.07) is 0.502. The lowest BCUT2D eigenvalue weighted by Gasteiger charge is -2.26. The summed E-state index contributed by atoms with van der Waals surface area (Å²) in [5, 5.41) is 6.46. The zero-order valence-electron chi connectivity index (χ0n) is 11.0. The van der Waals surface area contributed by atoms with Gasteiger partial charge in [0, 0.05) is 19.0 Å². The van der Waals surface area contributed by atoms with Crippen molar-refractivity contribution < 1.29 is 4.79 Å². The van der Waals surface area contributed by atoms with Crippen LogP contribution in [0.1, 0.15) is 51.9 Å². The largest absolute Gasteiger partial charge is 0.353 e. The van der Waals surface area contributed by atoms with Crippen molar-refractivity contribution >= 4 is 5.91 Å². The van der Waals surface area contributed by atoms with Crippen molar-refractivity contribution in [1.29, 1.82) is 0 Å². The van der Waals surface area contributed by atoms with Crippen molar-refractivity contribution in [3.8, 4) is 0 Å². The number of hydrogen-bond acceptors (Lipinski definition) is 2. The number of nitrogens with one attached hydrogen (secondary N) is 2. The molecule has 0 aliphatic heterocycles. The van der Waals surface area contributed by atoms with Gasteiger partial charge in [0.05, 0.1) is 0 Å². The fraction of sp³-hybridized carbons (Fsp3) is 0.929. The van der Waals surface area contributed by atoms with Crippen molar-refractivity contribution in [2.75, 3.05) is 13.1 Å². The highest BCUT2D eigenvalue weighted by atomic mass is 16.1. The lowest BCUT2D eigenvalue weighted by Crippen LogP contribution is -2.32. The molecule has 0 aromatic rings. The van der Waals surface area contributed by atoms with Crippen molar-refractivity contribution in [2.45, 2.75) is 57.9 Å². The lowest BCUT2D eigenvalue weighted by atomic mass is 9.82. The fourth-order valence-electron chi connectivity index (χ4n) is 2.78. The van der Waals surface area contributed by atoms with Crippen LogP contribution in [0.25, 0.3) is 0 Å². The Hall–Kier alpha value is -0.570. The van der Waals surface area contributed by atoms with Crippen LogP contribution in [0.5, 0.6) is 0 Å². The topological polar surface area (TPSA) is 41.1 Å². The molecule has 0 saturated heterocycles. The molecule has 98 valence electrons. The van der Waals surface area contributed by atoms with Crippen molar-refractivity contribution in [2.24, 2.45) is 11.8 Å². The summed E-state index contributed by atoms with van der Waals surface area (Å²) < 4.78 is 0. The molecular formula is C14H26N2O. The zero-order valence-corrected chi connectivity index (χ0v) is 11.0. The van der Waals surface area contributed by atoms with Crippen LogP contribution in [0.2, 0.25) is 0 Å². The van der Waals surface area contributed by atoms with Crippen LogP contribution in [0.15, 0.2) is 0 Å². The first-order valence-corrected chi connectivity index (χ1v) is 7.24. The second kappa shape index (κ2) is 6.39. The van der Waals surface area contributed by atoms with Gasteiger partial charge in [-0.05, 0) is 44.1 Å². The van der Waals surface area contributed by atoms with Gasteiger partial charge in [0.25, 0.3) is 0 Å². The number of rotatable bonds is 6. The highest BCUT2D eigenvalue weighted by Gasteiger charge is 2.23. The Balaban J connectivity index is 1.48. The molecule has 0 aromatic heterocycles. The van der Waals surface area contributed by atoms with E-state index in [0.29, 0.717) is 12.5 Å². The lowest BCUT2D eigenvalue weighted by molar-refractivity contribution is -0.121. The van der Waals surface area contributed by atoms with E-state index in [1.54, 1.807) is 0 Å². The maximum absolute atomic E-state index is 11.4. The van der Waals surface area contributed by atoms with E-state index in [1.165, 1.54) is 38.5 Å². The Morgan fingerprint density at radius 3 is 2.76 bits per heavy atom. The minimum Gasteiger partial charge on any atom is -0.353 e. The van der Waals surface area contributed by atoms with Gasteiger partial charge in [0.15, 0.2) is 0 Å². The Bertz CT molecular complexity index is 251. The molecule has 2 atom stereocenters. The molecule has 0 spiro atoms. The summed E-state index contributed by atoms with van der Waals surface area (Å²) in [5.74, 6) is 1.95. The van der Waals surface area contributed by atoms with Gasteiger partial charge < -0.3 is 10.6 Å². The second-order valence-electron chi connectivity index (χ2n) is 5.93. The van der Waals surface area contributed by atoms with Crippen LogP contribution in [0, 0.1) is 11.8 Å². The fourth-order valence-corrected chi connectivity index (χ4v) is 2.78. The minimum atomic E-state index is 0.219. The van der Waals surface area contributed by atoms with Gasteiger partial charge >= 0.3 is 0 Å². The van der Waals surface area contributed by atoms with Crippen molar-refractivity contribution in [1.82, 2.24) is 10.6 Å². The summed E-state index contributed by atoms with van der Waals surface area (Å²) in [6.07, 6.45) is 8.51. The van der Waals surface area contributed by atoms with Crippen LogP contribution in [-0.2, 0) is 4.79 Å². The van der Waals surface area contributed by atoms with Gasteiger partial charge in [0.1, 0.15) is 0 Å². The molecule has 0 bridgehead atoms. The summed E-state index contributed by atoms with van der Waals surface area (Å²) in [4.78, 5) is 11.4. The Morgan fingerprint density at radius 1 is 1.24 bits per heavy atom. The highest BCUT2D eigenvalue weighted by molar-refractivity contribution is 5.76. The van der Waals surface area contributed by atoms with Gasteiger partial charge in [-0.1, -0.05) is 19.8 Å². The van der Waals surface area contributed by atoms with E-state index in [4.69, 9.17) is 0 Å². The van der Waals surface area contributed by atoms with Crippen LogP contribution >= 0.6 is 0 Å². The molecule has 0 aromatic carbocycles. The third-order valence-electron chi connectivity index (χ3n) is 3.95. The molecule has 2 fully saturated rings. The van der Waals surface area contributed by atoms with Crippen molar-refractivity contribution in [3.05, 3.63) is 0 Å². The first kappa shape index (κ1) is 12.9. The summed E-state index contributed by atoms with van der Waals surface area (Å²) in [6.45, 7) is 4.29. The van der Waals surface area contributed by atoms with Crippen LogP contribution in [0.3, 0.4) is 0 Å². The number of amides is 1. The molecule has 2 unspecified atom stereocenters. The standard InChI is InChI=1S/C14H26N2O/c1-11-3-2-4-12(9-11)10-15-8-7-14(17)16-13-5-6-13/h11-13,15H,2-10H2,1H3,(H,16,17). The molecule has 1 amide bonds. The molecule has 2 aliphatic carbocycles. The number of hydrogen-bond donors (Lipinski definition) is 2. The van der Waals surface area contributed by atoms with Crippen molar-refractivity contribution in [3.63, 3.8) is 0 Å². The summed E-state index contributed by atoms with van der Waals surface area (Å²) >= 11 is 0. The number of carbonyl (C=O) groups is 1. The Kier molecular flexibility index (Phi) is 4.84. The van der Waals surface area contributed by atoms with E-state index in [1.807, 2.05) is 0 Å². The quantitative estimate of drug-likeness (QED) is 0.696. The molecule has 2 aliphatic rings. The zero-order chi connectivity index (χ0) is 12.1. The maximum atomic E-state index is 11.4. The molecule has 3 nitrogen and oxygen atoms in total. The van der Waals surface area contributed by atoms with Gasteiger partial charge in [-0.3, -0.25) is 4.79 Å². The molecule has 2 N–H and O–H groups in total. The Morgan fingerprint density at radius 2 is 2.06 bits per heavy atom. The van der Waals surface area contributed by atoms with Gasteiger partial charge in [-0.15, -0.1) is 0 Å². The molecule has 17 heavy (non-hydrogen) atoms. The minimum absolute atomic E-state index is 0.219. The average Bonchev–Trinajstić information content (AvgIpc) is 3.08. The average molecular weight is 238 g/mol. The predicted octanol–water partition coefficient (Wildman–Crippen LogP) is 2.07. The molecule has 0 heterocycles. The van der Waals surface area contributed by atoms with E-state index in [0.717, 1.165) is 24.9 Å². The van der Waals surface area contributed by atoms with E-state index >= 15 is 0 Å². The second-order valence-corrected chi connectivity index (χ2v) is 5.93. The van der Waals surface area contributed by atoms with E-state index in [-0.39, 0.29) is 5.91 Å².